The maximum absolute atomic E-state index is 14.2. The Labute approximate surface area is 174 Å². The van der Waals surface area contributed by atoms with E-state index in [2.05, 4.69) is 73.3 Å². The monoisotopic (exact) mass is 395 g/mol. The summed E-state index contributed by atoms with van der Waals surface area (Å²) in [6.45, 7) is 6.70. The van der Waals surface area contributed by atoms with Crippen molar-refractivity contribution in [1.29, 1.82) is 0 Å². The van der Waals surface area contributed by atoms with E-state index in [1.165, 1.54) is 43.8 Å². The van der Waals surface area contributed by atoms with Crippen molar-refractivity contribution in [2.24, 2.45) is 13.0 Å². The fourth-order valence-electron chi connectivity index (χ4n) is 5.34. The number of hydrogen-bond acceptors (Lipinski definition) is 0. The average molecular weight is 396 g/mol. The molecule has 6 aromatic rings. The van der Waals surface area contributed by atoms with Gasteiger partial charge in [0.1, 0.15) is 12.9 Å². The van der Waals surface area contributed by atoms with Crippen LogP contribution in [0, 0.1) is 18.7 Å². The normalized spacial score (nSPS) is 12.6. The van der Waals surface area contributed by atoms with Crippen LogP contribution in [0.5, 0.6) is 0 Å². The lowest BCUT2D eigenvalue weighted by Gasteiger charge is -2.15. The molecule has 0 amide bonds. The molecule has 0 N–H and O–H groups in total. The molecule has 6 rings (SSSR count). The van der Waals surface area contributed by atoms with E-state index < -0.39 is 0 Å². The lowest BCUT2D eigenvalue weighted by molar-refractivity contribution is -0.643. The smallest absolute Gasteiger partial charge is 0.224 e. The van der Waals surface area contributed by atoms with E-state index in [0.29, 0.717) is 5.92 Å². The van der Waals surface area contributed by atoms with Gasteiger partial charge in [-0.3, -0.25) is 0 Å². The van der Waals surface area contributed by atoms with Gasteiger partial charge in [-0.05, 0) is 60.0 Å². The SMILES string of the molecule is Cc1ccc2c3cc(F)ccc3n3c4cc(CC(C)C)cc5cc[n+](C)c(c1c23)c54. The second kappa shape index (κ2) is 5.91. The molecule has 148 valence electrons. The zero-order valence-electron chi connectivity index (χ0n) is 17.8. The summed E-state index contributed by atoms with van der Waals surface area (Å²) in [5.41, 5.74) is 7.30. The summed E-state index contributed by atoms with van der Waals surface area (Å²) in [5, 5.41) is 5.88. The van der Waals surface area contributed by atoms with Crippen LogP contribution in [-0.2, 0) is 13.5 Å². The Morgan fingerprint density at radius 3 is 2.57 bits per heavy atom. The molecule has 0 aliphatic rings. The highest BCUT2D eigenvalue weighted by Gasteiger charge is 2.24. The highest BCUT2D eigenvalue weighted by molar-refractivity contribution is 6.25. The zero-order chi connectivity index (χ0) is 20.7. The molecule has 0 fully saturated rings. The van der Waals surface area contributed by atoms with Gasteiger partial charge in [-0.2, -0.15) is 0 Å². The molecule has 0 atom stereocenters. The molecule has 0 radical (unpaired) electrons. The van der Waals surface area contributed by atoms with Gasteiger partial charge in [0.05, 0.1) is 27.3 Å². The van der Waals surface area contributed by atoms with E-state index >= 15 is 0 Å². The third-order valence-electron chi connectivity index (χ3n) is 6.50. The van der Waals surface area contributed by atoms with Crippen LogP contribution >= 0.6 is 0 Å². The molecule has 0 aliphatic carbocycles. The minimum Gasteiger partial charge on any atom is -0.307 e. The molecule has 30 heavy (non-hydrogen) atoms. The predicted octanol–water partition coefficient (Wildman–Crippen LogP) is 6.46. The standard InChI is InChI=1S/C27H24FN2/c1-15(2)11-17-12-18-9-10-29(4)27-24-16(3)5-7-20-21-14-19(28)6-8-22(21)30(26(20)24)23(13-17)25(18)27/h5-10,12-15H,11H2,1-4H3/q+1. The summed E-state index contributed by atoms with van der Waals surface area (Å²) in [4.78, 5) is 0. The van der Waals surface area contributed by atoms with Crippen molar-refractivity contribution in [3.05, 3.63) is 71.7 Å². The second-order valence-corrected chi connectivity index (χ2v) is 9.10. The van der Waals surface area contributed by atoms with Gasteiger partial charge in [0, 0.05) is 16.8 Å². The highest BCUT2D eigenvalue weighted by atomic mass is 19.1. The minimum atomic E-state index is -0.190. The molecule has 0 saturated heterocycles. The molecule has 0 aliphatic heterocycles. The van der Waals surface area contributed by atoms with Gasteiger partial charge in [-0.15, -0.1) is 0 Å². The molecule has 3 heteroatoms. The number of aryl methyl sites for hydroxylation is 2. The van der Waals surface area contributed by atoms with Crippen LogP contribution in [0.3, 0.4) is 0 Å². The molecular formula is C27H24FN2+. The fraction of sp³-hybridized carbons (Fsp3) is 0.222. The minimum absolute atomic E-state index is 0.190. The molecule has 0 spiro atoms. The summed E-state index contributed by atoms with van der Waals surface area (Å²) in [6.07, 6.45) is 3.20. The Kier molecular flexibility index (Phi) is 3.48. The fourth-order valence-corrected chi connectivity index (χ4v) is 5.34. The van der Waals surface area contributed by atoms with Crippen molar-refractivity contribution in [3.63, 3.8) is 0 Å². The van der Waals surface area contributed by atoms with E-state index in [9.17, 15) is 4.39 Å². The predicted molar refractivity (Wildman–Crippen MR) is 123 cm³/mol. The maximum atomic E-state index is 14.2. The van der Waals surface area contributed by atoms with E-state index in [4.69, 9.17) is 0 Å². The maximum Gasteiger partial charge on any atom is 0.224 e. The molecule has 2 nitrogen and oxygen atoms in total. The van der Waals surface area contributed by atoms with Crippen molar-refractivity contribution in [2.75, 3.05) is 0 Å². The van der Waals surface area contributed by atoms with Crippen LogP contribution in [0.1, 0.15) is 25.0 Å². The van der Waals surface area contributed by atoms with Crippen LogP contribution in [0.4, 0.5) is 4.39 Å². The van der Waals surface area contributed by atoms with Crippen molar-refractivity contribution >= 4 is 49.0 Å². The largest absolute Gasteiger partial charge is 0.307 e. The van der Waals surface area contributed by atoms with Gasteiger partial charge in [-0.25, -0.2) is 8.96 Å². The lowest BCUT2D eigenvalue weighted by Crippen LogP contribution is -2.29. The Morgan fingerprint density at radius 1 is 0.933 bits per heavy atom. The Bertz CT molecular complexity index is 1620. The third-order valence-corrected chi connectivity index (χ3v) is 6.50. The number of aromatic nitrogens is 2. The number of nitrogens with zero attached hydrogens (tertiary/aromatic N) is 2. The third kappa shape index (κ3) is 2.21. The zero-order valence-corrected chi connectivity index (χ0v) is 17.8. The van der Waals surface area contributed by atoms with Crippen molar-refractivity contribution in [3.8, 4) is 0 Å². The number of fused-ring (bicyclic) bond motifs is 5. The van der Waals surface area contributed by atoms with Crippen molar-refractivity contribution in [2.45, 2.75) is 27.2 Å². The van der Waals surface area contributed by atoms with Crippen LogP contribution in [0.25, 0.3) is 49.0 Å². The summed E-state index contributed by atoms with van der Waals surface area (Å²) >= 11 is 0. The summed E-state index contributed by atoms with van der Waals surface area (Å²) < 4.78 is 18.8. The van der Waals surface area contributed by atoms with Gasteiger partial charge in [0.15, 0.2) is 6.20 Å². The first-order valence-corrected chi connectivity index (χ1v) is 10.6. The van der Waals surface area contributed by atoms with Gasteiger partial charge >= 0.3 is 0 Å². The van der Waals surface area contributed by atoms with E-state index in [-0.39, 0.29) is 5.82 Å². The molecule has 3 aromatic heterocycles. The number of hydrogen-bond donors (Lipinski definition) is 0. The molecule has 3 heterocycles. The first-order chi connectivity index (χ1) is 14.4. The Morgan fingerprint density at radius 2 is 1.77 bits per heavy atom. The number of rotatable bonds is 2. The first kappa shape index (κ1) is 17.6. The van der Waals surface area contributed by atoms with Gasteiger partial charge in [0.25, 0.3) is 0 Å². The summed E-state index contributed by atoms with van der Waals surface area (Å²) in [5.74, 6) is 0.396. The van der Waals surface area contributed by atoms with Gasteiger partial charge in [-0.1, -0.05) is 32.0 Å². The Balaban J connectivity index is 2.00. The van der Waals surface area contributed by atoms with Crippen LogP contribution in [0.2, 0.25) is 0 Å². The molecular weight excluding hydrogens is 371 g/mol. The van der Waals surface area contributed by atoms with Crippen LogP contribution in [0.15, 0.2) is 54.7 Å². The average Bonchev–Trinajstić information content (AvgIpc) is 3.02. The number of pyridine rings is 2. The topological polar surface area (TPSA) is 8.29 Å². The van der Waals surface area contributed by atoms with Crippen molar-refractivity contribution < 1.29 is 8.96 Å². The number of halogens is 1. The van der Waals surface area contributed by atoms with E-state index in [1.54, 1.807) is 12.1 Å². The van der Waals surface area contributed by atoms with E-state index in [0.717, 1.165) is 22.7 Å². The lowest BCUT2D eigenvalue weighted by atomic mass is 9.96. The molecule has 3 aromatic carbocycles. The Hall–Kier alpha value is -3.20. The van der Waals surface area contributed by atoms with Crippen LogP contribution in [-0.4, -0.2) is 4.40 Å². The van der Waals surface area contributed by atoms with Gasteiger partial charge < -0.3 is 4.40 Å². The summed E-state index contributed by atoms with van der Waals surface area (Å²) in [6, 6.07) is 16.4. The molecule has 0 unspecified atom stereocenters. The molecule has 0 bridgehead atoms. The number of benzene rings is 3. The highest BCUT2D eigenvalue weighted by Crippen LogP contribution is 2.41. The quantitative estimate of drug-likeness (QED) is 0.181. The van der Waals surface area contributed by atoms with Crippen LogP contribution < -0.4 is 4.57 Å². The first-order valence-electron chi connectivity index (χ1n) is 10.6. The van der Waals surface area contributed by atoms with Gasteiger partial charge in [0.2, 0.25) is 5.52 Å². The van der Waals surface area contributed by atoms with E-state index in [1.807, 2.05) is 6.07 Å². The summed E-state index contributed by atoms with van der Waals surface area (Å²) in [7, 11) is 2.12. The van der Waals surface area contributed by atoms with Crippen molar-refractivity contribution in [1.82, 2.24) is 4.40 Å². The second-order valence-electron chi connectivity index (χ2n) is 9.10. The molecule has 0 saturated carbocycles.